The smallest absolute Gasteiger partial charge is 0.320 e. The van der Waals surface area contributed by atoms with Gasteiger partial charge in [0.1, 0.15) is 18.3 Å². The molecule has 0 spiro atoms. The Hall–Kier alpha value is -4.66. The molecule has 0 radical (unpaired) electrons. The minimum atomic E-state index is -0.953. The quantitative estimate of drug-likeness (QED) is 0.140. The van der Waals surface area contributed by atoms with E-state index in [1.165, 1.54) is 23.8 Å². The molecule has 0 amide bonds. The molecule has 9 nitrogen and oxygen atoms in total. The molecule has 280 valence electrons. The fraction of sp³-hybridized carbons (Fsp3) is 0.488. The van der Waals surface area contributed by atoms with Crippen LogP contribution in [0.5, 0.6) is 0 Å². The Labute approximate surface area is 308 Å². The number of allylic oxidation sites excluding steroid dienone is 3. The van der Waals surface area contributed by atoms with Crippen molar-refractivity contribution in [2.75, 3.05) is 13.7 Å². The van der Waals surface area contributed by atoms with Crippen molar-refractivity contribution >= 4 is 36.2 Å². The van der Waals surface area contributed by atoms with Crippen LogP contribution in [0.4, 0.5) is 0 Å². The number of ether oxygens (including phenoxy) is 2. The summed E-state index contributed by atoms with van der Waals surface area (Å²) < 4.78 is 11.0. The third-order valence-corrected chi connectivity index (χ3v) is 11.7. The molecule has 3 aliphatic heterocycles. The van der Waals surface area contributed by atoms with Gasteiger partial charge in [0.25, 0.3) is 0 Å². The maximum Gasteiger partial charge on any atom is 0.320 e. The van der Waals surface area contributed by atoms with Crippen LogP contribution in [0.2, 0.25) is 0 Å². The molecule has 6 atom stereocenters. The maximum absolute atomic E-state index is 13.5. The van der Waals surface area contributed by atoms with E-state index >= 15 is 0 Å². The topological polar surface area (TPSA) is 128 Å². The molecule has 9 heteroatoms. The highest BCUT2D eigenvalue weighted by Crippen LogP contribution is 2.50. The zero-order chi connectivity index (χ0) is 36.7. The number of aliphatic hydroxyl groups is 1. The molecule has 2 unspecified atom stereocenters. The van der Waals surface area contributed by atoms with Gasteiger partial charge in [-0.2, -0.15) is 0 Å². The van der Waals surface area contributed by atoms with E-state index in [2.05, 4.69) is 93.9 Å². The molecular weight excluding hydrogens is 652 g/mol. The Balaban J connectivity index is 0.00000523. The second-order valence-corrected chi connectivity index (χ2v) is 14.7. The second-order valence-electron chi connectivity index (χ2n) is 14.7. The van der Waals surface area contributed by atoms with E-state index in [0.717, 1.165) is 75.0 Å². The highest BCUT2D eigenvalue weighted by atomic mass is 16.5. The number of hydrogen-bond donors (Lipinski definition) is 5. The highest BCUT2D eigenvalue weighted by Gasteiger charge is 2.52. The molecule has 6 rings (SSSR count). The summed E-state index contributed by atoms with van der Waals surface area (Å²) >= 11 is 0. The van der Waals surface area contributed by atoms with Crippen molar-refractivity contribution in [3.63, 3.8) is 0 Å². The van der Waals surface area contributed by atoms with Gasteiger partial charge >= 0.3 is 11.9 Å². The normalized spacial score (nSPS) is 27.0. The van der Waals surface area contributed by atoms with Gasteiger partial charge in [-0.15, -0.1) is 0 Å². The van der Waals surface area contributed by atoms with Gasteiger partial charge in [0, 0.05) is 62.9 Å². The highest BCUT2D eigenvalue weighted by molar-refractivity contribution is 5.83. The number of fused-ring (bicyclic) bond motifs is 8. The van der Waals surface area contributed by atoms with Crippen LogP contribution in [-0.2, 0) is 25.5 Å². The molecule has 2 fully saturated rings. The van der Waals surface area contributed by atoms with Gasteiger partial charge in [-0.05, 0) is 92.5 Å². The number of H-pyrrole nitrogens is 2. The van der Waals surface area contributed by atoms with Crippen LogP contribution in [-0.4, -0.2) is 52.8 Å². The van der Waals surface area contributed by atoms with Crippen molar-refractivity contribution in [3.05, 3.63) is 90.9 Å². The third-order valence-electron chi connectivity index (χ3n) is 11.7. The van der Waals surface area contributed by atoms with Crippen LogP contribution in [0, 0.1) is 37.5 Å². The summed E-state index contributed by atoms with van der Waals surface area (Å²) in [5.74, 6) is -1.88. The van der Waals surface area contributed by atoms with E-state index in [0.29, 0.717) is 6.42 Å². The lowest BCUT2D eigenvalue weighted by molar-refractivity contribution is -0.144. The van der Waals surface area contributed by atoms with Gasteiger partial charge in [-0.3, -0.25) is 9.59 Å². The molecule has 8 bridgehead atoms. The molecule has 1 aliphatic carbocycles. The number of carbonyl (C=O) groups excluding carboxylic acids is 2. The molecule has 52 heavy (non-hydrogen) atoms. The third kappa shape index (κ3) is 6.70. The van der Waals surface area contributed by atoms with Crippen molar-refractivity contribution in [2.24, 2.45) is 23.7 Å². The van der Waals surface area contributed by atoms with Crippen molar-refractivity contribution in [1.29, 1.82) is 0 Å². The first-order valence-corrected chi connectivity index (χ1v) is 18.5. The SMILES string of the molecule is C.C=Cc1c2[nH]c(c1C)/C=C1\N[C@H](C3=C4NC(/C=c5\[nH]/c(c(C)c5CC)=C\2)C(C)C4=C(O)[C@@H]3C(=O)OC)[C@@H](CCC(=O)OC/C=C(\C)CCC)[C@@H]1C. The molecule has 0 aromatic carbocycles. The van der Waals surface area contributed by atoms with Gasteiger partial charge < -0.3 is 35.2 Å². The monoisotopic (exact) mass is 710 g/mol. The molecule has 2 aromatic rings. The molecule has 0 saturated carbocycles. The van der Waals surface area contributed by atoms with Gasteiger partial charge in [-0.1, -0.05) is 59.8 Å². The van der Waals surface area contributed by atoms with Crippen molar-refractivity contribution in [2.45, 2.75) is 100 Å². The van der Waals surface area contributed by atoms with Crippen molar-refractivity contribution in [3.8, 4) is 0 Å². The minimum Gasteiger partial charge on any atom is -0.511 e. The summed E-state index contributed by atoms with van der Waals surface area (Å²) in [6.07, 6.45) is 14.1. The van der Waals surface area contributed by atoms with Crippen molar-refractivity contribution < 1.29 is 24.2 Å². The first-order chi connectivity index (χ1) is 24.4. The zero-order valence-electron chi connectivity index (χ0n) is 31.4. The number of esters is 2. The molecule has 4 aliphatic rings. The molecule has 5 heterocycles. The predicted molar refractivity (Wildman–Crippen MR) is 209 cm³/mol. The average Bonchev–Trinajstić information content (AvgIpc) is 3.84. The van der Waals surface area contributed by atoms with Gasteiger partial charge in [0.05, 0.1) is 19.2 Å². The first kappa shape index (κ1) is 38.6. The number of aromatic amines is 2. The maximum atomic E-state index is 13.5. The summed E-state index contributed by atoms with van der Waals surface area (Å²) in [5, 5.41) is 21.5. The minimum absolute atomic E-state index is 0. The summed E-state index contributed by atoms with van der Waals surface area (Å²) in [6, 6.07) is -0.494. The molecular formula is C43H58N4O5. The fourth-order valence-electron chi connectivity index (χ4n) is 8.74. The largest absolute Gasteiger partial charge is 0.511 e. The molecule has 2 saturated heterocycles. The van der Waals surface area contributed by atoms with E-state index < -0.39 is 11.9 Å². The number of nitrogens with one attached hydrogen (secondary N) is 4. The first-order valence-electron chi connectivity index (χ1n) is 18.5. The zero-order valence-corrected chi connectivity index (χ0v) is 31.4. The Morgan fingerprint density at radius 3 is 2.42 bits per heavy atom. The van der Waals surface area contributed by atoms with Gasteiger partial charge in [0.2, 0.25) is 0 Å². The van der Waals surface area contributed by atoms with E-state index in [4.69, 9.17) is 9.47 Å². The lowest BCUT2D eigenvalue weighted by Gasteiger charge is -2.27. The van der Waals surface area contributed by atoms with E-state index in [1.807, 2.05) is 12.2 Å². The number of rotatable bonds is 10. The lowest BCUT2D eigenvalue weighted by atomic mass is 9.80. The number of aromatic nitrogens is 2. The second kappa shape index (κ2) is 15.5. The Morgan fingerprint density at radius 1 is 1.00 bits per heavy atom. The van der Waals surface area contributed by atoms with Gasteiger partial charge in [0.15, 0.2) is 0 Å². The van der Waals surface area contributed by atoms with Crippen LogP contribution in [0.15, 0.2) is 46.5 Å². The average molecular weight is 711 g/mol. The Morgan fingerprint density at radius 2 is 1.75 bits per heavy atom. The molecule has 5 N–H and O–H groups in total. The van der Waals surface area contributed by atoms with E-state index in [-0.39, 0.29) is 62.0 Å². The van der Waals surface area contributed by atoms with Crippen LogP contribution >= 0.6 is 0 Å². The standard InChI is InChI=1S/C42H54N4O5.CH4/c1-10-13-21(4)16-17-51-35(47)15-14-28-24(7)31-18-29-22(5)26(11-2)33(43-29)19-30-23(6)27(12-3)34(44-30)20-32-25(8)36-40(46-32)37(39(28)45-31)38(41(36)48)42(49)50-9;/h11,16,18-20,24-25,28,32,38-39,43-46,48H,2,10,12-15,17H2,1,3-9H3;1H4/b21-16+,30-19-,31-18-,34-20-;/t24-,25?,28-,32?,38+,39-;/m0./s1. The van der Waals surface area contributed by atoms with Crippen molar-refractivity contribution in [1.82, 2.24) is 20.6 Å². The van der Waals surface area contributed by atoms with E-state index in [9.17, 15) is 14.7 Å². The summed E-state index contributed by atoms with van der Waals surface area (Å²) in [5.41, 5.74) is 11.0. The van der Waals surface area contributed by atoms with Crippen LogP contribution in [0.1, 0.15) is 101 Å². The summed E-state index contributed by atoms with van der Waals surface area (Å²) in [4.78, 5) is 34.0. The van der Waals surface area contributed by atoms with E-state index in [1.54, 1.807) is 0 Å². The number of carbonyl (C=O) groups is 2. The number of methoxy groups -OCH3 is 1. The molecule has 2 aromatic heterocycles. The number of aliphatic hydroxyl groups excluding tert-OH is 1. The van der Waals surface area contributed by atoms with Crippen LogP contribution in [0.25, 0.3) is 24.3 Å². The summed E-state index contributed by atoms with van der Waals surface area (Å²) in [6.45, 7) is 19.3. The van der Waals surface area contributed by atoms with Gasteiger partial charge in [-0.25, -0.2) is 0 Å². The summed E-state index contributed by atoms with van der Waals surface area (Å²) in [7, 11) is 1.36. The van der Waals surface area contributed by atoms with Crippen LogP contribution in [0.3, 0.4) is 0 Å². The Bertz CT molecular complexity index is 2000. The number of hydrogen-bond acceptors (Lipinski definition) is 7. The fourth-order valence-corrected chi connectivity index (χ4v) is 8.74. The van der Waals surface area contributed by atoms with Crippen LogP contribution < -0.4 is 21.3 Å². The lowest BCUT2D eigenvalue weighted by Crippen LogP contribution is -2.38. The predicted octanol–water partition coefficient (Wildman–Crippen LogP) is 6.54. The Kier molecular flexibility index (Phi) is 11.5.